The summed E-state index contributed by atoms with van der Waals surface area (Å²) in [4.78, 5) is 0. The molecule has 1 unspecified atom stereocenters. The summed E-state index contributed by atoms with van der Waals surface area (Å²) in [7, 11) is 0. The lowest BCUT2D eigenvalue weighted by Crippen LogP contribution is -2.30. The molecule has 1 heterocycles. The van der Waals surface area contributed by atoms with Crippen molar-refractivity contribution in [1.29, 1.82) is 0 Å². The van der Waals surface area contributed by atoms with Crippen molar-refractivity contribution in [2.75, 3.05) is 6.54 Å². The highest BCUT2D eigenvalue weighted by Gasteiger charge is 2.19. The first kappa shape index (κ1) is 9.71. The average molecular weight is 185 g/mol. The van der Waals surface area contributed by atoms with Crippen molar-refractivity contribution in [3.8, 4) is 0 Å². The van der Waals surface area contributed by atoms with Crippen molar-refractivity contribution in [2.24, 2.45) is 5.73 Å². The molecular formula is C9H15NOS. The summed E-state index contributed by atoms with van der Waals surface area (Å²) in [5.74, 6) is 0. The van der Waals surface area contributed by atoms with Gasteiger partial charge in [-0.3, -0.25) is 0 Å². The average Bonchev–Trinajstić information content (AvgIpc) is 2.38. The molecule has 3 heteroatoms. The largest absolute Gasteiger partial charge is 0.390 e. The zero-order chi connectivity index (χ0) is 9.03. The molecular weight excluding hydrogens is 170 g/mol. The zero-order valence-electron chi connectivity index (χ0n) is 7.29. The summed E-state index contributed by atoms with van der Waals surface area (Å²) in [5, 5.41) is 13.9. The predicted molar refractivity (Wildman–Crippen MR) is 52.3 cm³/mol. The van der Waals surface area contributed by atoms with E-state index in [1.54, 1.807) is 11.3 Å². The molecule has 0 amide bonds. The first-order chi connectivity index (χ1) is 5.64. The van der Waals surface area contributed by atoms with Crippen LogP contribution < -0.4 is 5.73 Å². The monoisotopic (exact) mass is 185 g/mol. The van der Waals surface area contributed by atoms with Crippen LogP contribution in [0.25, 0.3) is 0 Å². The van der Waals surface area contributed by atoms with E-state index in [2.05, 4.69) is 5.38 Å². The Labute approximate surface area is 77.0 Å². The summed E-state index contributed by atoms with van der Waals surface area (Å²) in [6.07, 6.45) is 1.36. The van der Waals surface area contributed by atoms with Crippen LogP contribution >= 0.6 is 11.3 Å². The van der Waals surface area contributed by atoms with Gasteiger partial charge in [-0.25, -0.2) is 0 Å². The maximum absolute atomic E-state index is 9.81. The van der Waals surface area contributed by atoms with Crippen molar-refractivity contribution < 1.29 is 5.11 Å². The van der Waals surface area contributed by atoms with Crippen LogP contribution in [0.3, 0.4) is 0 Å². The van der Waals surface area contributed by atoms with Gasteiger partial charge in [0.2, 0.25) is 0 Å². The highest BCUT2D eigenvalue weighted by Crippen LogP contribution is 2.17. The smallest absolute Gasteiger partial charge is 0.0672 e. The van der Waals surface area contributed by atoms with Gasteiger partial charge >= 0.3 is 0 Å². The number of hydrogen-bond donors (Lipinski definition) is 2. The molecule has 0 aliphatic carbocycles. The van der Waals surface area contributed by atoms with Gasteiger partial charge in [0.15, 0.2) is 0 Å². The second-order valence-corrected chi connectivity index (χ2v) is 4.12. The van der Waals surface area contributed by atoms with E-state index in [1.807, 2.05) is 18.4 Å². The lowest BCUT2D eigenvalue weighted by Gasteiger charge is -2.21. The fraction of sp³-hybridized carbons (Fsp3) is 0.556. The molecule has 0 radical (unpaired) electrons. The molecule has 12 heavy (non-hydrogen) atoms. The standard InChI is InChI=1S/C9H15NOS/c1-9(11,3-4-10)6-8-2-5-12-7-8/h2,5,7,11H,3-4,6,10H2,1H3. The topological polar surface area (TPSA) is 46.2 Å². The second-order valence-electron chi connectivity index (χ2n) is 3.34. The predicted octanol–water partition coefficient (Wildman–Crippen LogP) is 1.39. The highest BCUT2D eigenvalue weighted by atomic mass is 32.1. The summed E-state index contributed by atoms with van der Waals surface area (Å²) in [5.41, 5.74) is 5.94. The minimum absolute atomic E-state index is 0.539. The molecule has 0 aromatic carbocycles. The summed E-state index contributed by atoms with van der Waals surface area (Å²) < 4.78 is 0. The maximum Gasteiger partial charge on any atom is 0.0672 e. The molecule has 0 aliphatic heterocycles. The molecule has 1 aromatic rings. The molecule has 0 fully saturated rings. The van der Waals surface area contributed by atoms with Crippen LogP contribution in [0, 0.1) is 0 Å². The van der Waals surface area contributed by atoms with Crippen LogP contribution in [0.5, 0.6) is 0 Å². The van der Waals surface area contributed by atoms with Crippen molar-refractivity contribution in [3.05, 3.63) is 22.4 Å². The van der Waals surface area contributed by atoms with Gasteiger partial charge in [-0.15, -0.1) is 0 Å². The molecule has 2 nitrogen and oxygen atoms in total. The van der Waals surface area contributed by atoms with Gasteiger partial charge in [-0.2, -0.15) is 11.3 Å². The second kappa shape index (κ2) is 4.03. The van der Waals surface area contributed by atoms with E-state index in [0.29, 0.717) is 19.4 Å². The van der Waals surface area contributed by atoms with E-state index < -0.39 is 5.60 Å². The van der Waals surface area contributed by atoms with Crippen LogP contribution in [0.4, 0.5) is 0 Å². The normalized spacial score (nSPS) is 15.9. The molecule has 1 atom stereocenters. The first-order valence-corrected chi connectivity index (χ1v) is 5.02. The third-order valence-electron chi connectivity index (χ3n) is 1.85. The molecule has 0 spiro atoms. The number of nitrogens with two attached hydrogens (primary N) is 1. The lowest BCUT2D eigenvalue weighted by molar-refractivity contribution is 0.0540. The minimum Gasteiger partial charge on any atom is -0.390 e. The van der Waals surface area contributed by atoms with Gasteiger partial charge in [-0.1, -0.05) is 0 Å². The molecule has 0 saturated heterocycles. The summed E-state index contributed by atoms with van der Waals surface area (Å²) in [6, 6.07) is 2.04. The number of rotatable bonds is 4. The van der Waals surface area contributed by atoms with Crippen molar-refractivity contribution in [2.45, 2.75) is 25.4 Å². The quantitative estimate of drug-likeness (QED) is 0.744. The third-order valence-corrected chi connectivity index (χ3v) is 2.58. The van der Waals surface area contributed by atoms with Crippen molar-refractivity contribution >= 4 is 11.3 Å². The molecule has 0 saturated carbocycles. The molecule has 68 valence electrons. The Bertz CT molecular complexity index is 218. The van der Waals surface area contributed by atoms with Gasteiger partial charge in [0.1, 0.15) is 0 Å². The maximum atomic E-state index is 9.81. The lowest BCUT2D eigenvalue weighted by atomic mass is 9.95. The Morgan fingerprint density at radius 3 is 2.92 bits per heavy atom. The molecule has 1 aromatic heterocycles. The fourth-order valence-electron chi connectivity index (χ4n) is 1.23. The Hall–Kier alpha value is -0.380. The van der Waals surface area contributed by atoms with Gasteiger partial charge < -0.3 is 10.8 Å². The van der Waals surface area contributed by atoms with Crippen LogP contribution in [0.1, 0.15) is 18.9 Å². The van der Waals surface area contributed by atoms with E-state index in [1.165, 1.54) is 5.56 Å². The minimum atomic E-state index is -0.643. The van der Waals surface area contributed by atoms with Crippen LogP contribution in [-0.4, -0.2) is 17.3 Å². The fourth-order valence-corrected chi connectivity index (χ4v) is 1.90. The van der Waals surface area contributed by atoms with Crippen molar-refractivity contribution in [3.63, 3.8) is 0 Å². The Morgan fingerprint density at radius 2 is 2.42 bits per heavy atom. The van der Waals surface area contributed by atoms with E-state index in [9.17, 15) is 5.11 Å². The van der Waals surface area contributed by atoms with Gasteiger partial charge in [0.05, 0.1) is 5.60 Å². The van der Waals surface area contributed by atoms with E-state index in [4.69, 9.17) is 5.73 Å². The Morgan fingerprint density at radius 1 is 1.67 bits per heavy atom. The van der Waals surface area contributed by atoms with Crippen LogP contribution in [-0.2, 0) is 6.42 Å². The van der Waals surface area contributed by atoms with Gasteiger partial charge in [-0.05, 0) is 42.3 Å². The van der Waals surface area contributed by atoms with Crippen molar-refractivity contribution in [1.82, 2.24) is 0 Å². The van der Waals surface area contributed by atoms with Gasteiger partial charge in [0.25, 0.3) is 0 Å². The number of aliphatic hydroxyl groups is 1. The van der Waals surface area contributed by atoms with Crippen LogP contribution in [0.2, 0.25) is 0 Å². The van der Waals surface area contributed by atoms with E-state index in [-0.39, 0.29) is 0 Å². The van der Waals surface area contributed by atoms with E-state index in [0.717, 1.165) is 0 Å². The Balaban J connectivity index is 2.50. The molecule has 0 bridgehead atoms. The summed E-state index contributed by atoms with van der Waals surface area (Å²) in [6.45, 7) is 2.37. The molecule has 3 N–H and O–H groups in total. The molecule has 0 aliphatic rings. The Kier molecular flexibility index (Phi) is 3.26. The highest BCUT2D eigenvalue weighted by molar-refractivity contribution is 7.07. The number of thiophene rings is 1. The number of hydrogen-bond acceptors (Lipinski definition) is 3. The SMILES string of the molecule is CC(O)(CCN)Cc1ccsc1. The first-order valence-electron chi connectivity index (χ1n) is 4.07. The van der Waals surface area contributed by atoms with E-state index >= 15 is 0 Å². The zero-order valence-corrected chi connectivity index (χ0v) is 8.10. The summed E-state index contributed by atoms with van der Waals surface area (Å²) >= 11 is 1.66. The van der Waals surface area contributed by atoms with Gasteiger partial charge in [0, 0.05) is 6.42 Å². The third kappa shape index (κ3) is 2.93. The van der Waals surface area contributed by atoms with Crippen LogP contribution in [0.15, 0.2) is 16.8 Å². The molecule has 1 rings (SSSR count).